The maximum atomic E-state index is 13.3. The number of aliphatic carboxylic acids is 1. The standard InChI is InChI=1S/C13H16FNO3/c1-4-7-15(2)12(13(16)17)10-8-9(14)5-6-11(10)18-3/h4-6,8,12H,1,7H2,2-3H3,(H,16,17)/t12-/m1/s1. The number of hydrogen-bond donors (Lipinski definition) is 1. The van der Waals surface area contributed by atoms with Crippen molar-refractivity contribution in [3.05, 3.63) is 42.2 Å². The molecule has 0 amide bonds. The lowest BCUT2D eigenvalue weighted by Crippen LogP contribution is -2.31. The normalized spacial score (nSPS) is 12.2. The molecule has 0 saturated carbocycles. The fourth-order valence-corrected chi connectivity index (χ4v) is 1.79. The lowest BCUT2D eigenvalue weighted by Gasteiger charge is -2.25. The van der Waals surface area contributed by atoms with E-state index in [9.17, 15) is 14.3 Å². The molecular weight excluding hydrogens is 237 g/mol. The van der Waals surface area contributed by atoms with Gasteiger partial charge in [-0.3, -0.25) is 9.69 Å². The summed E-state index contributed by atoms with van der Waals surface area (Å²) < 4.78 is 18.3. The van der Waals surface area contributed by atoms with Crippen molar-refractivity contribution in [3.8, 4) is 5.75 Å². The first-order valence-corrected chi connectivity index (χ1v) is 5.38. The Morgan fingerprint density at radius 2 is 2.33 bits per heavy atom. The first-order valence-electron chi connectivity index (χ1n) is 5.38. The summed E-state index contributed by atoms with van der Waals surface area (Å²) in [7, 11) is 3.05. The van der Waals surface area contributed by atoms with Gasteiger partial charge in [0.25, 0.3) is 0 Å². The summed E-state index contributed by atoms with van der Waals surface area (Å²) in [5, 5.41) is 9.28. The van der Waals surface area contributed by atoms with Crippen molar-refractivity contribution in [2.24, 2.45) is 0 Å². The summed E-state index contributed by atoms with van der Waals surface area (Å²) >= 11 is 0. The van der Waals surface area contributed by atoms with Crippen molar-refractivity contribution in [1.82, 2.24) is 4.90 Å². The Labute approximate surface area is 105 Å². The van der Waals surface area contributed by atoms with E-state index in [4.69, 9.17) is 4.74 Å². The zero-order valence-electron chi connectivity index (χ0n) is 10.4. The van der Waals surface area contributed by atoms with Crippen LogP contribution in [-0.4, -0.2) is 36.7 Å². The smallest absolute Gasteiger partial charge is 0.325 e. The third-order valence-corrected chi connectivity index (χ3v) is 2.58. The third-order valence-electron chi connectivity index (χ3n) is 2.58. The molecule has 5 heteroatoms. The molecule has 1 N–H and O–H groups in total. The first-order chi connectivity index (χ1) is 8.51. The van der Waals surface area contributed by atoms with E-state index in [0.29, 0.717) is 12.3 Å². The molecule has 0 aliphatic rings. The molecular formula is C13H16FNO3. The van der Waals surface area contributed by atoms with Crippen molar-refractivity contribution in [2.75, 3.05) is 20.7 Å². The van der Waals surface area contributed by atoms with Gasteiger partial charge in [0.05, 0.1) is 7.11 Å². The second-order valence-electron chi connectivity index (χ2n) is 3.86. The van der Waals surface area contributed by atoms with Gasteiger partial charge in [0, 0.05) is 12.1 Å². The Morgan fingerprint density at radius 3 is 2.83 bits per heavy atom. The van der Waals surface area contributed by atoms with Gasteiger partial charge in [-0.2, -0.15) is 0 Å². The highest BCUT2D eigenvalue weighted by Gasteiger charge is 2.27. The summed E-state index contributed by atoms with van der Waals surface area (Å²) in [5.41, 5.74) is 0.286. The van der Waals surface area contributed by atoms with Gasteiger partial charge in [0.1, 0.15) is 17.6 Å². The zero-order valence-corrected chi connectivity index (χ0v) is 10.4. The van der Waals surface area contributed by atoms with Gasteiger partial charge in [0.2, 0.25) is 0 Å². The van der Waals surface area contributed by atoms with Crippen LogP contribution in [0, 0.1) is 5.82 Å². The highest BCUT2D eigenvalue weighted by molar-refractivity contribution is 5.76. The Morgan fingerprint density at radius 1 is 1.67 bits per heavy atom. The molecule has 1 aromatic rings. The minimum Gasteiger partial charge on any atom is -0.496 e. The second kappa shape index (κ2) is 6.16. The number of likely N-dealkylation sites (N-methyl/N-ethyl adjacent to an activating group) is 1. The van der Waals surface area contributed by atoms with Crippen molar-refractivity contribution in [3.63, 3.8) is 0 Å². The number of halogens is 1. The van der Waals surface area contributed by atoms with E-state index in [2.05, 4.69) is 6.58 Å². The summed E-state index contributed by atoms with van der Waals surface area (Å²) in [5.74, 6) is -1.22. The minimum atomic E-state index is -1.07. The largest absolute Gasteiger partial charge is 0.496 e. The third kappa shape index (κ3) is 3.07. The summed E-state index contributed by atoms with van der Waals surface area (Å²) in [4.78, 5) is 12.9. The number of ether oxygens (including phenoxy) is 1. The van der Waals surface area contributed by atoms with Gasteiger partial charge in [-0.25, -0.2) is 4.39 Å². The van der Waals surface area contributed by atoms with Crippen LogP contribution in [0.4, 0.5) is 4.39 Å². The number of hydrogen-bond acceptors (Lipinski definition) is 3. The number of methoxy groups -OCH3 is 1. The maximum Gasteiger partial charge on any atom is 0.325 e. The Balaban J connectivity index is 3.24. The van der Waals surface area contributed by atoms with Crippen LogP contribution < -0.4 is 4.74 Å². The van der Waals surface area contributed by atoms with Crippen LogP contribution in [0.2, 0.25) is 0 Å². The highest BCUT2D eigenvalue weighted by atomic mass is 19.1. The first kappa shape index (κ1) is 14.2. The minimum absolute atomic E-state index is 0.286. The van der Waals surface area contributed by atoms with Crippen LogP contribution >= 0.6 is 0 Å². The van der Waals surface area contributed by atoms with Crippen molar-refractivity contribution in [2.45, 2.75) is 6.04 Å². The van der Waals surface area contributed by atoms with Crippen LogP contribution in [-0.2, 0) is 4.79 Å². The second-order valence-corrected chi connectivity index (χ2v) is 3.86. The fraction of sp³-hybridized carbons (Fsp3) is 0.308. The van der Waals surface area contributed by atoms with Gasteiger partial charge in [-0.05, 0) is 25.2 Å². The number of carbonyl (C=O) groups is 1. The molecule has 0 heterocycles. The van der Waals surface area contributed by atoms with Crippen LogP contribution in [0.1, 0.15) is 11.6 Å². The van der Waals surface area contributed by atoms with E-state index < -0.39 is 17.8 Å². The number of nitrogens with zero attached hydrogens (tertiary/aromatic N) is 1. The number of carboxylic acids is 1. The van der Waals surface area contributed by atoms with E-state index in [1.54, 1.807) is 18.0 Å². The molecule has 1 rings (SSSR count). The van der Waals surface area contributed by atoms with Gasteiger partial charge < -0.3 is 9.84 Å². The quantitative estimate of drug-likeness (QED) is 0.788. The predicted octanol–water partition coefficient (Wildman–Crippen LogP) is 2.08. The summed E-state index contributed by atoms with van der Waals surface area (Å²) in [6.45, 7) is 3.93. The molecule has 98 valence electrons. The van der Waals surface area contributed by atoms with E-state index in [-0.39, 0.29) is 5.56 Å². The molecule has 0 saturated heterocycles. The molecule has 0 fully saturated rings. The lowest BCUT2D eigenvalue weighted by atomic mass is 10.0. The van der Waals surface area contributed by atoms with Crippen molar-refractivity contribution < 1.29 is 19.0 Å². The van der Waals surface area contributed by atoms with Crippen LogP contribution in [0.3, 0.4) is 0 Å². The molecule has 1 atom stereocenters. The monoisotopic (exact) mass is 253 g/mol. The molecule has 0 aromatic heterocycles. The zero-order chi connectivity index (χ0) is 13.7. The summed E-state index contributed by atoms with van der Waals surface area (Å²) in [6, 6.07) is 2.85. The van der Waals surface area contributed by atoms with Crippen molar-refractivity contribution in [1.29, 1.82) is 0 Å². The van der Waals surface area contributed by atoms with Crippen LogP contribution in [0.15, 0.2) is 30.9 Å². The van der Waals surface area contributed by atoms with E-state index >= 15 is 0 Å². The van der Waals surface area contributed by atoms with Gasteiger partial charge >= 0.3 is 5.97 Å². The fourth-order valence-electron chi connectivity index (χ4n) is 1.79. The van der Waals surface area contributed by atoms with Gasteiger partial charge in [-0.1, -0.05) is 6.08 Å². The number of rotatable bonds is 6. The van der Waals surface area contributed by atoms with E-state index in [0.717, 1.165) is 0 Å². The van der Waals surface area contributed by atoms with Crippen LogP contribution in [0.5, 0.6) is 5.75 Å². The summed E-state index contributed by atoms with van der Waals surface area (Å²) in [6.07, 6.45) is 1.59. The molecule has 1 aromatic carbocycles. The average molecular weight is 253 g/mol. The number of carboxylic acid groups (broad SMARTS) is 1. The lowest BCUT2D eigenvalue weighted by molar-refractivity contribution is -0.142. The topological polar surface area (TPSA) is 49.8 Å². The Hall–Kier alpha value is -1.88. The highest BCUT2D eigenvalue weighted by Crippen LogP contribution is 2.29. The molecule has 0 aliphatic carbocycles. The predicted molar refractivity (Wildman–Crippen MR) is 66.2 cm³/mol. The molecule has 4 nitrogen and oxygen atoms in total. The molecule has 0 unspecified atom stereocenters. The maximum absolute atomic E-state index is 13.3. The van der Waals surface area contributed by atoms with Gasteiger partial charge in [0.15, 0.2) is 0 Å². The number of benzene rings is 1. The van der Waals surface area contributed by atoms with Gasteiger partial charge in [-0.15, -0.1) is 6.58 Å². The molecule has 0 bridgehead atoms. The van der Waals surface area contributed by atoms with E-state index in [1.165, 1.54) is 25.3 Å². The molecule has 18 heavy (non-hydrogen) atoms. The van der Waals surface area contributed by atoms with E-state index in [1.807, 2.05) is 0 Å². The van der Waals surface area contributed by atoms with Crippen LogP contribution in [0.25, 0.3) is 0 Å². The Bertz CT molecular complexity index is 448. The molecule has 0 aliphatic heterocycles. The Kier molecular flexibility index (Phi) is 4.85. The molecule has 0 spiro atoms. The SMILES string of the molecule is C=CCN(C)[C@@H](C(=O)O)c1cc(F)ccc1OC. The molecule has 0 radical (unpaired) electrons. The van der Waals surface area contributed by atoms with Crippen molar-refractivity contribution >= 4 is 5.97 Å². The average Bonchev–Trinajstić information content (AvgIpc) is 2.29.